The van der Waals surface area contributed by atoms with Crippen LogP contribution in [-0.4, -0.2) is 44.2 Å². The SMILES string of the molecule is CC1(C(=O)O)CCCN1C(=O)CCc1nnc(-c2ccsc2)o1. The number of aliphatic carboxylic acids is 1. The highest BCUT2D eigenvalue weighted by atomic mass is 32.1. The molecule has 1 atom stereocenters. The van der Waals surface area contributed by atoms with Gasteiger partial charge in [-0.3, -0.25) is 4.79 Å². The Hall–Kier alpha value is -2.22. The minimum atomic E-state index is -1.10. The molecule has 8 heteroatoms. The molecule has 0 saturated carbocycles. The Bertz CT molecular complexity index is 712. The molecule has 1 aliphatic heterocycles. The van der Waals surface area contributed by atoms with Gasteiger partial charge in [0.05, 0.1) is 0 Å². The van der Waals surface area contributed by atoms with Gasteiger partial charge in [-0.05, 0) is 31.2 Å². The Balaban J connectivity index is 1.62. The van der Waals surface area contributed by atoms with E-state index in [0.717, 1.165) is 5.56 Å². The highest BCUT2D eigenvalue weighted by molar-refractivity contribution is 7.08. The number of aryl methyl sites for hydroxylation is 1. The molecule has 2 aromatic heterocycles. The van der Waals surface area contributed by atoms with Gasteiger partial charge < -0.3 is 14.4 Å². The first kappa shape index (κ1) is 15.7. The summed E-state index contributed by atoms with van der Waals surface area (Å²) in [5.74, 6) is -0.329. The van der Waals surface area contributed by atoms with Crippen LogP contribution in [0.25, 0.3) is 11.5 Å². The second-order valence-electron chi connectivity index (χ2n) is 5.74. The van der Waals surface area contributed by atoms with Crippen molar-refractivity contribution in [1.29, 1.82) is 0 Å². The number of carboxylic acids is 1. The van der Waals surface area contributed by atoms with E-state index in [0.29, 0.717) is 37.6 Å². The van der Waals surface area contributed by atoms with Crippen LogP contribution in [0.3, 0.4) is 0 Å². The average molecular weight is 335 g/mol. The lowest BCUT2D eigenvalue weighted by Crippen LogP contribution is -2.50. The molecule has 1 aliphatic rings. The predicted molar refractivity (Wildman–Crippen MR) is 82.9 cm³/mol. The first-order chi connectivity index (χ1) is 11.0. The first-order valence-electron chi connectivity index (χ1n) is 7.39. The van der Waals surface area contributed by atoms with E-state index in [2.05, 4.69) is 10.2 Å². The van der Waals surface area contributed by atoms with Gasteiger partial charge in [0.1, 0.15) is 5.54 Å². The van der Waals surface area contributed by atoms with E-state index in [-0.39, 0.29) is 12.3 Å². The Morgan fingerprint density at radius 1 is 1.48 bits per heavy atom. The second-order valence-corrected chi connectivity index (χ2v) is 6.52. The van der Waals surface area contributed by atoms with Gasteiger partial charge in [-0.1, -0.05) is 0 Å². The standard InChI is InChI=1S/C15H17N3O4S/c1-15(14(20)21)6-2-7-18(15)12(19)4-3-11-16-17-13(22-11)10-5-8-23-9-10/h5,8-9H,2-4,6-7H2,1H3,(H,20,21). The van der Waals surface area contributed by atoms with Crippen molar-refractivity contribution in [1.82, 2.24) is 15.1 Å². The molecule has 0 bridgehead atoms. The van der Waals surface area contributed by atoms with Crippen molar-refractivity contribution in [3.8, 4) is 11.5 Å². The third kappa shape index (κ3) is 2.98. The summed E-state index contributed by atoms with van der Waals surface area (Å²) >= 11 is 1.54. The fourth-order valence-electron chi connectivity index (χ4n) is 2.79. The molecule has 2 aromatic rings. The third-order valence-corrected chi connectivity index (χ3v) is 4.87. The molecule has 0 radical (unpaired) electrons. The summed E-state index contributed by atoms with van der Waals surface area (Å²) in [6.45, 7) is 2.08. The first-order valence-corrected chi connectivity index (χ1v) is 8.34. The van der Waals surface area contributed by atoms with Gasteiger partial charge in [0.2, 0.25) is 17.7 Å². The van der Waals surface area contributed by atoms with Crippen LogP contribution in [0.1, 0.15) is 32.1 Å². The Kier molecular flexibility index (Phi) is 4.16. The van der Waals surface area contributed by atoms with E-state index in [1.54, 1.807) is 6.92 Å². The summed E-state index contributed by atoms with van der Waals surface area (Å²) < 4.78 is 5.54. The molecule has 1 amide bonds. The maximum Gasteiger partial charge on any atom is 0.329 e. The molecule has 122 valence electrons. The van der Waals surface area contributed by atoms with Gasteiger partial charge in [0, 0.05) is 30.3 Å². The fourth-order valence-corrected chi connectivity index (χ4v) is 3.42. The smallest absolute Gasteiger partial charge is 0.329 e. The molecular weight excluding hydrogens is 318 g/mol. The number of hydrogen-bond donors (Lipinski definition) is 1. The number of carbonyl (C=O) groups excluding carboxylic acids is 1. The van der Waals surface area contributed by atoms with E-state index in [1.807, 2.05) is 16.8 Å². The van der Waals surface area contributed by atoms with E-state index in [4.69, 9.17) is 4.42 Å². The lowest BCUT2D eigenvalue weighted by Gasteiger charge is -2.31. The van der Waals surface area contributed by atoms with E-state index < -0.39 is 11.5 Å². The minimum absolute atomic E-state index is 0.161. The molecule has 3 heterocycles. The maximum atomic E-state index is 12.3. The monoisotopic (exact) mass is 335 g/mol. The van der Waals surface area contributed by atoms with Crippen molar-refractivity contribution < 1.29 is 19.1 Å². The average Bonchev–Trinajstić information content (AvgIpc) is 3.25. The lowest BCUT2D eigenvalue weighted by molar-refractivity contribution is -0.155. The summed E-state index contributed by atoms with van der Waals surface area (Å²) in [6.07, 6.45) is 1.66. The highest BCUT2D eigenvalue weighted by Gasteiger charge is 2.45. The number of likely N-dealkylation sites (tertiary alicyclic amines) is 1. The van der Waals surface area contributed by atoms with Crippen LogP contribution in [-0.2, 0) is 16.0 Å². The Morgan fingerprint density at radius 3 is 3.00 bits per heavy atom. The normalized spacial score (nSPS) is 20.8. The van der Waals surface area contributed by atoms with E-state index >= 15 is 0 Å². The largest absolute Gasteiger partial charge is 0.480 e. The minimum Gasteiger partial charge on any atom is -0.480 e. The summed E-state index contributed by atoms with van der Waals surface area (Å²) in [5.41, 5.74) is -0.244. The summed E-state index contributed by atoms with van der Waals surface area (Å²) in [6, 6.07) is 1.88. The van der Waals surface area contributed by atoms with Crippen LogP contribution in [0.15, 0.2) is 21.2 Å². The van der Waals surface area contributed by atoms with Crippen LogP contribution in [0.5, 0.6) is 0 Å². The van der Waals surface area contributed by atoms with E-state index in [9.17, 15) is 14.7 Å². The number of carboxylic acid groups (broad SMARTS) is 1. The molecule has 1 fully saturated rings. The van der Waals surface area contributed by atoms with Crippen LogP contribution >= 0.6 is 11.3 Å². The zero-order valence-electron chi connectivity index (χ0n) is 12.7. The Labute approximate surface area is 136 Å². The number of thiophene rings is 1. The third-order valence-electron chi connectivity index (χ3n) is 4.19. The lowest BCUT2D eigenvalue weighted by atomic mass is 9.99. The van der Waals surface area contributed by atoms with Gasteiger partial charge in [-0.25, -0.2) is 4.79 Å². The van der Waals surface area contributed by atoms with Gasteiger partial charge in [-0.15, -0.1) is 10.2 Å². The fraction of sp³-hybridized carbons (Fsp3) is 0.467. The molecule has 0 spiro atoms. The van der Waals surface area contributed by atoms with Crippen molar-refractivity contribution in [2.45, 2.75) is 38.1 Å². The van der Waals surface area contributed by atoms with Crippen LogP contribution in [0, 0.1) is 0 Å². The molecule has 0 aromatic carbocycles. The molecule has 23 heavy (non-hydrogen) atoms. The molecule has 1 saturated heterocycles. The molecular formula is C15H17N3O4S. The van der Waals surface area contributed by atoms with Gasteiger partial charge >= 0.3 is 5.97 Å². The number of nitrogens with zero attached hydrogens (tertiary/aromatic N) is 3. The number of amides is 1. The number of rotatable bonds is 5. The van der Waals surface area contributed by atoms with Crippen LogP contribution < -0.4 is 0 Å². The molecule has 1 N–H and O–H groups in total. The molecule has 7 nitrogen and oxygen atoms in total. The summed E-state index contributed by atoms with van der Waals surface area (Å²) in [5, 5.41) is 21.1. The molecule has 0 aliphatic carbocycles. The van der Waals surface area contributed by atoms with Gasteiger partial charge in [0.15, 0.2) is 0 Å². The summed E-state index contributed by atoms with van der Waals surface area (Å²) in [7, 11) is 0. The molecule has 1 unspecified atom stereocenters. The maximum absolute atomic E-state index is 12.3. The zero-order valence-corrected chi connectivity index (χ0v) is 13.5. The predicted octanol–water partition coefficient (Wildman–Crippen LogP) is 2.20. The quantitative estimate of drug-likeness (QED) is 0.900. The van der Waals surface area contributed by atoms with E-state index in [1.165, 1.54) is 16.2 Å². The highest BCUT2D eigenvalue weighted by Crippen LogP contribution is 2.30. The Morgan fingerprint density at radius 2 is 2.30 bits per heavy atom. The van der Waals surface area contributed by atoms with Crippen LogP contribution in [0.2, 0.25) is 0 Å². The van der Waals surface area contributed by atoms with Crippen molar-refractivity contribution >= 4 is 23.2 Å². The van der Waals surface area contributed by atoms with Gasteiger partial charge in [0.25, 0.3) is 0 Å². The number of aromatic nitrogens is 2. The molecule has 3 rings (SSSR count). The number of carbonyl (C=O) groups is 2. The van der Waals surface area contributed by atoms with Gasteiger partial charge in [-0.2, -0.15) is 11.3 Å². The van der Waals surface area contributed by atoms with Crippen LogP contribution in [0.4, 0.5) is 0 Å². The van der Waals surface area contributed by atoms with Crippen molar-refractivity contribution in [2.24, 2.45) is 0 Å². The summed E-state index contributed by atoms with van der Waals surface area (Å²) in [4.78, 5) is 25.2. The second kappa shape index (κ2) is 6.11. The van der Waals surface area contributed by atoms with Crippen molar-refractivity contribution in [3.05, 3.63) is 22.7 Å². The topological polar surface area (TPSA) is 96.5 Å². The zero-order chi connectivity index (χ0) is 16.4. The van der Waals surface area contributed by atoms with Crippen molar-refractivity contribution in [3.63, 3.8) is 0 Å². The number of hydrogen-bond acceptors (Lipinski definition) is 6. The van der Waals surface area contributed by atoms with Crippen molar-refractivity contribution in [2.75, 3.05) is 6.54 Å².